The van der Waals surface area contributed by atoms with Crippen LogP contribution in [-0.4, -0.2) is 31.1 Å². The summed E-state index contributed by atoms with van der Waals surface area (Å²) in [7, 11) is 0. The Morgan fingerprint density at radius 1 is 1.31 bits per heavy atom. The normalized spacial score (nSPS) is 13.7. The van der Waals surface area contributed by atoms with Crippen LogP contribution in [0.15, 0.2) is 4.99 Å². The van der Waals surface area contributed by atoms with Crippen LogP contribution in [0.5, 0.6) is 0 Å². The Hall–Kier alpha value is -1.06. The number of hydrogen-bond donors (Lipinski definition) is 0. The van der Waals surface area contributed by atoms with Gasteiger partial charge in [0.25, 0.3) is 0 Å². The predicted molar refractivity (Wildman–Crippen MR) is 50.8 cm³/mol. The van der Waals surface area contributed by atoms with Crippen LogP contribution in [0.4, 0.5) is 0 Å². The van der Waals surface area contributed by atoms with Crippen molar-refractivity contribution in [2.24, 2.45) is 4.99 Å². The Morgan fingerprint density at radius 3 is 2.31 bits per heavy atom. The molecule has 0 aromatic carbocycles. The van der Waals surface area contributed by atoms with Crippen molar-refractivity contribution in [3.63, 3.8) is 0 Å². The standard InChI is InChI=1S/C9H17NO3/c1-5-12-8(4)10-7(3)9(11)13-6-2/h7H,5-6H2,1-4H3. The molecule has 4 heteroatoms. The maximum atomic E-state index is 11.1. The Kier molecular flexibility index (Phi) is 5.93. The summed E-state index contributed by atoms with van der Waals surface area (Å²) in [6.07, 6.45) is 0. The fourth-order valence-electron chi connectivity index (χ4n) is 0.834. The van der Waals surface area contributed by atoms with E-state index in [4.69, 9.17) is 9.47 Å². The minimum absolute atomic E-state index is 0.318. The maximum absolute atomic E-state index is 11.1. The number of hydrogen-bond acceptors (Lipinski definition) is 4. The second-order valence-corrected chi connectivity index (χ2v) is 2.51. The summed E-state index contributed by atoms with van der Waals surface area (Å²) in [6.45, 7) is 7.98. The molecular weight excluding hydrogens is 170 g/mol. The molecule has 0 saturated carbocycles. The third-order valence-corrected chi connectivity index (χ3v) is 1.36. The van der Waals surface area contributed by atoms with Gasteiger partial charge in [0.05, 0.1) is 13.2 Å². The molecule has 0 fully saturated rings. The predicted octanol–water partition coefficient (Wildman–Crippen LogP) is 1.39. The van der Waals surface area contributed by atoms with Gasteiger partial charge in [-0.2, -0.15) is 0 Å². The van der Waals surface area contributed by atoms with E-state index >= 15 is 0 Å². The van der Waals surface area contributed by atoms with Gasteiger partial charge in [-0.25, -0.2) is 9.79 Å². The third-order valence-electron chi connectivity index (χ3n) is 1.36. The Bertz CT molecular complexity index is 189. The summed E-state index contributed by atoms with van der Waals surface area (Å²) in [6, 6.07) is -0.480. The first-order valence-corrected chi connectivity index (χ1v) is 4.45. The van der Waals surface area contributed by atoms with Crippen molar-refractivity contribution >= 4 is 11.9 Å². The van der Waals surface area contributed by atoms with E-state index in [1.807, 2.05) is 6.92 Å². The first kappa shape index (κ1) is 11.9. The van der Waals surface area contributed by atoms with Crippen LogP contribution >= 0.6 is 0 Å². The molecule has 4 nitrogen and oxygen atoms in total. The van der Waals surface area contributed by atoms with E-state index in [0.29, 0.717) is 19.1 Å². The summed E-state index contributed by atoms with van der Waals surface area (Å²) >= 11 is 0. The lowest BCUT2D eigenvalue weighted by Crippen LogP contribution is -2.19. The highest BCUT2D eigenvalue weighted by atomic mass is 16.5. The van der Waals surface area contributed by atoms with E-state index < -0.39 is 6.04 Å². The monoisotopic (exact) mass is 187 g/mol. The molecule has 0 saturated heterocycles. The Morgan fingerprint density at radius 2 is 1.85 bits per heavy atom. The first-order valence-electron chi connectivity index (χ1n) is 4.45. The molecule has 0 spiro atoms. The van der Waals surface area contributed by atoms with Crippen LogP contribution < -0.4 is 0 Å². The topological polar surface area (TPSA) is 47.9 Å². The average Bonchev–Trinajstić information content (AvgIpc) is 2.05. The zero-order valence-electron chi connectivity index (χ0n) is 8.66. The van der Waals surface area contributed by atoms with E-state index in [0.717, 1.165) is 0 Å². The van der Waals surface area contributed by atoms with E-state index in [1.54, 1.807) is 20.8 Å². The van der Waals surface area contributed by atoms with Crippen LogP contribution in [0, 0.1) is 0 Å². The fraction of sp³-hybridized carbons (Fsp3) is 0.778. The summed E-state index contributed by atoms with van der Waals surface area (Å²) in [5.41, 5.74) is 0. The van der Waals surface area contributed by atoms with E-state index in [9.17, 15) is 4.79 Å². The molecule has 0 amide bonds. The maximum Gasteiger partial charge on any atom is 0.330 e. The van der Waals surface area contributed by atoms with Crippen molar-refractivity contribution in [2.75, 3.05) is 13.2 Å². The zero-order valence-corrected chi connectivity index (χ0v) is 8.66. The number of esters is 1. The molecule has 0 aliphatic heterocycles. The summed E-state index contributed by atoms with van der Waals surface area (Å²) in [5.74, 6) is 0.199. The molecule has 0 N–H and O–H groups in total. The SMILES string of the molecule is CCOC(=O)C(C)N=C(C)OCC. The number of rotatable bonds is 4. The fourth-order valence-corrected chi connectivity index (χ4v) is 0.834. The van der Waals surface area contributed by atoms with Crippen molar-refractivity contribution in [3.8, 4) is 0 Å². The Labute approximate surface area is 78.9 Å². The molecule has 0 aliphatic carbocycles. The third kappa shape index (κ3) is 5.22. The van der Waals surface area contributed by atoms with Gasteiger partial charge in [0, 0.05) is 6.92 Å². The van der Waals surface area contributed by atoms with Gasteiger partial charge in [-0.3, -0.25) is 0 Å². The van der Waals surface area contributed by atoms with Crippen molar-refractivity contribution < 1.29 is 14.3 Å². The summed E-state index contributed by atoms with van der Waals surface area (Å²) in [5, 5.41) is 0. The second kappa shape index (κ2) is 6.46. The summed E-state index contributed by atoms with van der Waals surface area (Å²) < 4.78 is 9.86. The van der Waals surface area contributed by atoms with Crippen LogP contribution in [0.2, 0.25) is 0 Å². The molecule has 0 heterocycles. The lowest BCUT2D eigenvalue weighted by molar-refractivity contribution is -0.144. The van der Waals surface area contributed by atoms with Crippen LogP contribution in [-0.2, 0) is 14.3 Å². The lowest BCUT2D eigenvalue weighted by atomic mass is 10.3. The van der Waals surface area contributed by atoms with Crippen LogP contribution in [0.1, 0.15) is 27.7 Å². The molecule has 76 valence electrons. The molecule has 0 aromatic heterocycles. The number of nitrogens with zero attached hydrogens (tertiary/aromatic N) is 1. The van der Waals surface area contributed by atoms with Crippen molar-refractivity contribution in [2.45, 2.75) is 33.7 Å². The lowest BCUT2D eigenvalue weighted by Gasteiger charge is -2.07. The van der Waals surface area contributed by atoms with Crippen molar-refractivity contribution in [1.29, 1.82) is 0 Å². The molecule has 1 unspecified atom stereocenters. The Balaban J connectivity index is 4.03. The highest BCUT2D eigenvalue weighted by molar-refractivity contribution is 5.81. The minimum Gasteiger partial charge on any atom is -0.481 e. The first-order chi connectivity index (χ1) is 6.11. The van der Waals surface area contributed by atoms with Gasteiger partial charge in [-0.15, -0.1) is 0 Å². The highest BCUT2D eigenvalue weighted by Crippen LogP contribution is 1.95. The molecule has 1 atom stereocenters. The van der Waals surface area contributed by atoms with E-state index in [1.165, 1.54) is 0 Å². The molecular formula is C9H17NO3. The van der Waals surface area contributed by atoms with Gasteiger partial charge < -0.3 is 9.47 Å². The number of ether oxygens (including phenoxy) is 2. The van der Waals surface area contributed by atoms with Gasteiger partial charge >= 0.3 is 5.97 Å². The second-order valence-electron chi connectivity index (χ2n) is 2.51. The smallest absolute Gasteiger partial charge is 0.330 e. The van der Waals surface area contributed by atoms with Crippen LogP contribution in [0.3, 0.4) is 0 Å². The molecule has 0 bridgehead atoms. The van der Waals surface area contributed by atoms with Gasteiger partial charge in [-0.1, -0.05) is 0 Å². The molecule has 0 rings (SSSR count). The zero-order chi connectivity index (χ0) is 10.3. The molecule has 0 aliphatic rings. The largest absolute Gasteiger partial charge is 0.481 e. The van der Waals surface area contributed by atoms with Gasteiger partial charge in [0.2, 0.25) is 0 Å². The van der Waals surface area contributed by atoms with E-state index in [-0.39, 0.29) is 5.97 Å². The molecule has 0 aromatic rings. The molecule has 0 radical (unpaired) electrons. The van der Waals surface area contributed by atoms with Gasteiger partial charge in [0.15, 0.2) is 5.90 Å². The highest BCUT2D eigenvalue weighted by Gasteiger charge is 2.12. The minimum atomic E-state index is -0.480. The van der Waals surface area contributed by atoms with Crippen molar-refractivity contribution in [3.05, 3.63) is 0 Å². The van der Waals surface area contributed by atoms with E-state index in [2.05, 4.69) is 4.99 Å². The van der Waals surface area contributed by atoms with Gasteiger partial charge in [-0.05, 0) is 20.8 Å². The van der Waals surface area contributed by atoms with Gasteiger partial charge in [0.1, 0.15) is 6.04 Å². The quantitative estimate of drug-likeness (QED) is 0.379. The molecule has 13 heavy (non-hydrogen) atoms. The average molecular weight is 187 g/mol. The van der Waals surface area contributed by atoms with Crippen LogP contribution in [0.25, 0.3) is 0 Å². The van der Waals surface area contributed by atoms with Crippen molar-refractivity contribution in [1.82, 2.24) is 0 Å². The summed E-state index contributed by atoms with van der Waals surface area (Å²) in [4.78, 5) is 15.1. The number of aliphatic imine (C=N–C) groups is 1. The number of carbonyl (C=O) groups is 1. The number of carbonyl (C=O) groups excluding carboxylic acids is 1.